The molecule has 0 spiro atoms. The average molecular weight is 671 g/mol. The molecule has 2 aromatic carbocycles. The van der Waals surface area contributed by atoms with Crippen molar-refractivity contribution in [1.82, 2.24) is 4.57 Å². The second-order valence-corrected chi connectivity index (χ2v) is 11.2. The van der Waals surface area contributed by atoms with E-state index in [-0.39, 0.29) is 24.0 Å². The summed E-state index contributed by atoms with van der Waals surface area (Å²) in [6, 6.07) is 8.98. The number of rotatable bonds is 2. The van der Waals surface area contributed by atoms with Crippen molar-refractivity contribution in [3.8, 4) is 11.4 Å². The molecule has 2 nitrogen and oxygen atoms in total. The third kappa shape index (κ3) is 10.6. The van der Waals surface area contributed by atoms with Gasteiger partial charge in [-0.15, -0.1) is 0 Å². The molecule has 3 aromatic rings. The normalized spacial score (nSPS) is 10.2. The zero-order chi connectivity index (χ0) is 23.9. The van der Waals surface area contributed by atoms with E-state index in [2.05, 4.69) is 93.7 Å². The number of benzene rings is 2. The lowest BCUT2D eigenvalue weighted by atomic mass is 10.0. The van der Waals surface area contributed by atoms with Crippen LogP contribution < -0.4 is 28.5 Å². The highest BCUT2D eigenvalue weighted by atomic mass is 127. The van der Waals surface area contributed by atoms with E-state index < -0.39 is 8.59 Å². The number of aromatic nitrogens is 2. The third-order valence-corrected chi connectivity index (χ3v) is 4.42. The topological polar surface area (TPSA) is 8.81 Å². The van der Waals surface area contributed by atoms with Crippen molar-refractivity contribution in [2.45, 2.75) is 50.1 Å². The summed E-state index contributed by atoms with van der Waals surface area (Å²) < 4.78 is 2.95. The molecule has 0 bridgehead atoms. The first kappa shape index (κ1) is 32.1. The van der Waals surface area contributed by atoms with Gasteiger partial charge in [0, 0.05) is 0 Å². The minimum Gasteiger partial charge on any atom is -1.00 e. The predicted molar refractivity (Wildman–Crippen MR) is 138 cm³/mol. The van der Waals surface area contributed by atoms with Crippen LogP contribution in [0.25, 0.3) is 11.4 Å². The molecular formula is C23H27Cl6IN2. The Morgan fingerprint density at radius 1 is 0.656 bits per heavy atom. The van der Waals surface area contributed by atoms with E-state index in [0.717, 1.165) is 0 Å². The highest BCUT2D eigenvalue weighted by molar-refractivity contribution is 6.63. The number of nitrogens with zero attached hydrogens (tertiary/aromatic N) is 2. The van der Waals surface area contributed by atoms with Gasteiger partial charge in [-0.2, -0.15) is 0 Å². The minimum atomic E-state index is -0.750. The van der Waals surface area contributed by atoms with Gasteiger partial charge in [0.05, 0.1) is 0 Å². The highest BCUT2D eigenvalue weighted by Crippen LogP contribution is 2.21. The molecule has 0 N–H and O–H groups in total. The van der Waals surface area contributed by atoms with Crippen LogP contribution in [-0.2, 0) is 0 Å². The van der Waals surface area contributed by atoms with Crippen molar-refractivity contribution in [2.75, 3.05) is 0 Å². The molecule has 1 heterocycles. The molecule has 0 amide bonds. The SMILES string of the molecule is Cc1cc(C)c(-n2cc[n+](-c3c(C)cc(C)cc3C)c2)c(C)c1.ClC(Cl)Cl.ClC(Cl)Cl.[I-]. The van der Waals surface area contributed by atoms with E-state index in [1.165, 1.54) is 44.8 Å². The Labute approximate surface area is 238 Å². The molecule has 0 unspecified atom stereocenters. The van der Waals surface area contributed by atoms with E-state index >= 15 is 0 Å². The van der Waals surface area contributed by atoms with Crippen LogP contribution in [0, 0.1) is 41.5 Å². The summed E-state index contributed by atoms with van der Waals surface area (Å²) in [5.41, 5.74) is 10.4. The van der Waals surface area contributed by atoms with Crippen LogP contribution in [0.4, 0.5) is 0 Å². The number of hydrogen-bond acceptors (Lipinski definition) is 0. The van der Waals surface area contributed by atoms with Gasteiger partial charge in [0.25, 0.3) is 6.33 Å². The first-order chi connectivity index (χ1) is 14.3. The van der Waals surface area contributed by atoms with E-state index in [0.29, 0.717) is 0 Å². The molecule has 0 atom stereocenters. The Kier molecular flexibility index (Phi) is 15.2. The first-order valence-corrected chi connectivity index (χ1v) is 12.1. The van der Waals surface area contributed by atoms with Gasteiger partial charge in [0.1, 0.15) is 23.8 Å². The second kappa shape index (κ2) is 15.2. The van der Waals surface area contributed by atoms with Gasteiger partial charge in [0.2, 0.25) is 0 Å². The third-order valence-electron chi connectivity index (χ3n) is 4.42. The first-order valence-electron chi connectivity index (χ1n) is 9.43. The molecule has 3 rings (SSSR count). The van der Waals surface area contributed by atoms with Crippen LogP contribution in [-0.4, -0.2) is 13.2 Å². The van der Waals surface area contributed by atoms with Gasteiger partial charge in [-0.05, 0) is 63.8 Å². The molecule has 178 valence electrons. The molecule has 0 saturated heterocycles. The summed E-state index contributed by atoms with van der Waals surface area (Å²) in [5.74, 6) is 0. The molecule has 0 aliphatic carbocycles. The number of alkyl halides is 6. The zero-order valence-electron chi connectivity index (χ0n) is 18.7. The van der Waals surface area contributed by atoms with Crippen LogP contribution in [0.3, 0.4) is 0 Å². The molecular weight excluding hydrogens is 644 g/mol. The van der Waals surface area contributed by atoms with Gasteiger partial charge in [-0.25, -0.2) is 9.13 Å². The average Bonchev–Trinajstić information content (AvgIpc) is 3.00. The molecule has 32 heavy (non-hydrogen) atoms. The zero-order valence-corrected chi connectivity index (χ0v) is 25.4. The van der Waals surface area contributed by atoms with E-state index in [1.54, 1.807) is 0 Å². The highest BCUT2D eigenvalue weighted by Gasteiger charge is 2.16. The Morgan fingerprint density at radius 2 is 1.00 bits per heavy atom. The fourth-order valence-electron chi connectivity index (χ4n) is 3.78. The standard InChI is InChI=1S/C21H25N2.2CHCl3.HI/c1-14-9-16(3)20(17(4)10-14)22-7-8-23(13-22)21-18(5)11-15(2)12-19(21)6;2*2-1(3)4;/h7-13H,1-6H3;2*1H;1H/q+1;;;/p-1. The van der Waals surface area contributed by atoms with Crippen molar-refractivity contribution in [1.29, 1.82) is 0 Å². The molecule has 9 heteroatoms. The summed E-state index contributed by atoms with van der Waals surface area (Å²) in [4.78, 5) is 0. The number of imidazole rings is 1. The van der Waals surface area contributed by atoms with E-state index in [4.69, 9.17) is 69.6 Å². The lowest BCUT2D eigenvalue weighted by molar-refractivity contribution is -0.595. The lowest BCUT2D eigenvalue weighted by Crippen LogP contribution is -3.00. The molecule has 1 aromatic heterocycles. The Morgan fingerprint density at radius 3 is 1.38 bits per heavy atom. The van der Waals surface area contributed by atoms with Gasteiger partial charge >= 0.3 is 0 Å². The monoisotopic (exact) mass is 668 g/mol. The summed E-state index contributed by atoms with van der Waals surface area (Å²) in [6.07, 6.45) is 6.46. The van der Waals surface area contributed by atoms with Crippen LogP contribution in [0.1, 0.15) is 33.4 Å². The van der Waals surface area contributed by atoms with Gasteiger partial charge < -0.3 is 24.0 Å². The fourth-order valence-corrected chi connectivity index (χ4v) is 3.78. The molecule has 0 aliphatic heterocycles. The van der Waals surface area contributed by atoms with Crippen molar-refractivity contribution in [3.05, 3.63) is 76.4 Å². The van der Waals surface area contributed by atoms with Crippen LogP contribution in [0.15, 0.2) is 43.0 Å². The summed E-state index contributed by atoms with van der Waals surface area (Å²) >= 11 is 28.8. The Bertz CT molecular complexity index is 872. The maximum atomic E-state index is 4.81. The predicted octanol–water partition coefficient (Wildman–Crippen LogP) is 5.58. The van der Waals surface area contributed by atoms with Crippen molar-refractivity contribution in [3.63, 3.8) is 0 Å². The van der Waals surface area contributed by atoms with Gasteiger partial charge in [-0.3, -0.25) is 0 Å². The molecule has 0 saturated carbocycles. The maximum Gasteiger partial charge on any atom is 0.254 e. The van der Waals surface area contributed by atoms with Crippen LogP contribution in [0.5, 0.6) is 0 Å². The number of aryl methyl sites for hydroxylation is 6. The fraction of sp³-hybridized carbons (Fsp3) is 0.348. The van der Waals surface area contributed by atoms with E-state index in [9.17, 15) is 0 Å². The van der Waals surface area contributed by atoms with Gasteiger partial charge in [0.15, 0.2) is 8.59 Å². The van der Waals surface area contributed by atoms with E-state index in [1.807, 2.05) is 0 Å². The smallest absolute Gasteiger partial charge is 0.254 e. The quantitative estimate of drug-likeness (QED) is 0.191. The maximum absolute atomic E-state index is 4.81. The summed E-state index contributed by atoms with van der Waals surface area (Å²) in [6.45, 7) is 13.0. The minimum absolute atomic E-state index is 0. The summed E-state index contributed by atoms with van der Waals surface area (Å²) in [5, 5.41) is 0. The number of hydrogen-bond donors (Lipinski definition) is 0. The largest absolute Gasteiger partial charge is 1.00 e. The van der Waals surface area contributed by atoms with Crippen LogP contribution in [0.2, 0.25) is 0 Å². The Hall–Kier alpha value is 0.120. The second-order valence-electron chi connectivity index (χ2n) is 7.22. The summed E-state index contributed by atoms with van der Waals surface area (Å²) in [7, 11) is 0. The van der Waals surface area contributed by atoms with Crippen molar-refractivity contribution in [2.24, 2.45) is 0 Å². The lowest BCUT2D eigenvalue weighted by Gasteiger charge is -2.08. The molecule has 0 aliphatic rings. The van der Waals surface area contributed by atoms with Crippen LogP contribution >= 0.6 is 69.6 Å². The van der Waals surface area contributed by atoms with Gasteiger partial charge in [-0.1, -0.05) is 105 Å². The van der Waals surface area contributed by atoms with Crippen molar-refractivity contribution < 1.29 is 28.5 Å². The molecule has 0 radical (unpaired) electrons. The Balaban J connectivity index is 0.000000928. The molecule has 0 fully saturated rings. The number of halogens is 7. The van der Waals surface area contributed by atoms with Crippen molar-refractivity contribution >= 4 is 69.6 Å².